The summed E-state index contributed by atoms with van der Waals surface area (Å²) < 4.78 is 8.52. The number of para-hydroxylation sites is 2. The lowest BCUT2D eigenvalue weighted by atomic mass is 10.0. The number of rotatable bonds is 5. The fourth-order valence-electron chi connectivity index (χ4n) is 7.25. The minimum Gasteiger partial charge on any atom is -0.456 e. The molecule has 7 aromatic carbocycles. The van der Waals surface area contributed by atoms with E-state index >= 15 is 0 Å². The average molecular weight is 640 g/mol. The molecule has 10 aromatic rings. The van der Waals surface area contributed by atoms with Crippen LogP contribution in [-0.2, 0) is 0 Å². The second-order valence-corrected chi connectivity index (χ2v) is 12.6. The van der Waals surface area contributed by atoms with Gasteiger partial charge in [-0.05, 0) is 52.6 Å². The van der Waals surface area contributed by atoms with Gasteiger partial charge in [-0.25, -0.2) is 9.97 Å². The van der Waals surface area contributed by atoms with Gasteiger partial charge in [-0.2, -0.15) is 0 Å². The van der Waals surface area contributed by atoms with E-state index in [9.17, 15) is 0 Å². The third-order valence-electron chi connectivity index (χ3n) is 9.67. The van der Waals surface area contributed by atoms with Crippen molar-refractivity contribution in [1.82, 2.24) is 14.5 Å². The zero-order valence-corrected chi connectivity index (χ0v) is 27.0. The van der Waals surface area contributed by atoms with E-state index in [0.717, 1.165) is 66.3 Å². The molecule has 0 radical (unpaired) electrons. The molecular formula is C46H29N3O. The van der Waals surface area contributed by atoms with Gasteiger partial charge in [0.1, 0.15) is 11.2 Å². The highest BCUT2D eigenvalue weighted by molar-refractivity contribution is 6.27. The fourth-order valence-corrected chi connectivity index (χ4v) is 7.25. The van der Waals surface area contributed by atoms with Crippen molar-refractivity contribution in [3.8, 4) is 50.7 Å². The highest BCUT2D eigenvalue weighted by Gasteiger charge is 2.21. The van der Waals surface area contributed by atoms with Crippen molar-refractivity contribution >= 4 is 43.7 Å². The predicted molar refractivity (Wildman–Crippen MR) is 205 cm³/mol. The molecule has 0 aliphatic rings. The van der Waals surface area contributed by atoms with Crippen LogP contribution in [0.25, 0.3) is 94.5 Å². The zero-order valence-electron chi connectivity index (χ0n) is 27.0. The largest absolute Gasteiger partial charge is 0.456 e. The van der Waals surface area contributed by atoms with Crippen LogP contribution in [0.2, 0.25) is 0 Å². The Morgan fingerprint density at radius 2 is 0.860 bits per heavy atom. The molecule has 0 amide bonds. The number of fused-ring (bicyclic) bond motifs is 7. The molecule has 4 heteroatoms. The smallest absolute Gasteiger partial charge is 0.235 e. The van der Waals surface area contributed by atoms with E-state index in [1.54, 1.807) is 0 Å². The maximum absolute atomic E-state index is 6.32. The fraction of sp³-hybridized carbons (Fsp3) is 0. The molecule has 234 valence electrons. The standard InChI is InChI=1S/C46H29N3O/c1-3-11-30(12-4-1)32-19-23-34(24-20-32)38-29-39(35-25-21-33(22-26-35)31-13-5-2-6-14-31)48-46(47-38)49-40-17-9-7-15-36(40)44-41(49)27-28-43-45(44)37-16-8-10-18-42(37)50-43/h1-29H. The summed E-state index contributed by atoms with van der Waals surface area (Å²) in [4.78, 5) is 10.6. The second kappa shape index (κ2) is 11.4. The van der Waals surface area contributed by atoms with E-state index in [1.165, 1.54) is 22.3 Å². The molecule has 0 atom stereocenters. The SMILES string of the molecule is c1ccc(-c2ccc(-c3cc(-c4ccc(-c5ccccc5)cc4)nc(-n4c5ccccc5c5c6c(ccc54)oc4ccccc46)n3)cc2)cc1. The lowest BCUT2D eigenvalue weighted by Crippen LogP contribution is -2.04. The van der Waals surface area contributed by atoms with Crippen molar-refractivity contribution in [3.63, 3.8) is 0 Å². The summed E-state index contributed by atoms with van der Waals surface area (Å²) >= 11 is 0. The number of hydrogen-bond donors (Lipinski definition) is 0. The Labute approximate surface area is 288 Å². The van der Waals surface area contributed by atoms with E-state index in [4.69, 9.17) is 14.4 Å². The van der Waals surface area contributed by atoms with Gasteiger partial charge in [-0.1, -0.05) is 146 Å². The van der Waals surface area contributed by atoms with Crippen molar-refractivity contribution in [1.29, 1.82) is 0 Å². The van der Waals surface area contributed by atoms with E-state index in [0.29, 0.717) is 5.95 Å². The normalized spacial score (nSPS) is 11.6. The Bertz CT molecular complexity index is 2730. The molecule has 10 rings (SSSR count). The van der Waals surface area contributed by atoms with Gasteiger partial charge in [0, 0.05) is 32.7 Å². The highest BCUT2D eigenvalue weighted by atomic mass is 16.3. The van der Waals surface area contributed by atoms with Gasteiger partial charge in [-0.3, -0.25) is 4.57 Å². The molecule has 0 spiro atoms. The maximum atomic E-state index is 6.32. The summed E-state index contributed by atoms with van der Waals surface area (Å²) in [5.41, 5.74) is 12.3. The molecular weight excluding hydrogens is 611 g/mol. The molecule has 0 N–H and O–H groups in total. The molecule has 0 aliphatic carbocycles. The lowest BCUT2D eigenvalue weighted by Gasteiger charge is -2.12. The average Bonchev–Trinajstić information content (AvgIpc) is 3.74. The van der Waals surface area contributed by atoms with Crippen LogP contribution < -0.4 is 0 Å². The van der Waals surface area contributed by atoms with Gasteiger partial charge in [-0.15, -0.1) is 0 Å². The van der Waals surface area contributed by atoms with Crippen LogP contribution in [0.4, 0.5) is 0 Å². The van der Waals surface area contributed by atoms with Gasteiger partial charge in [0.05, 0.1) is 22.4 Å². The second-order valence-electron chi connectivity index (χ2n) is 12.6. The van der Waals surface area contributed by atoms with E-state index < -0.39 is 0 Å². The third-order valence-corrected chi connectivity index (χ3v) is 9.67. The topological polar surface area (TPSA) is 43.9 Å². The minimum absolute atomic E-state index is 0.620. The summed E-state index contributed by atoms with van der Waals surface area (Å²) in [6.07, 6.45) is 0. The van der Waals surface area contributed by atoms with Crippen molar-refractivity contribution in [2.24, 2.45) is 0 Å². The monoisotopic (exact) mass is 639 g/mol. The summed E-state index contributed by atoms with van der Waals surface area (Å²) in [7, 11) is 0. The van der Waals surface area contributed by atoms with Crippen molar-refractivity contribution < 1.29 is 4.42 Å². The van der Waals surface area contributed by atoms with Gasteiger partial charge in [0.2, 0.25) is 5.95 Å². The van der Waals surface area contributed by atoms with Crippen LogP contribution >= 0.6 is 0 Å². The summed E-state index contributed by atoms with van der Waals surface area (Å²) in [6.45, 7) is 0. The maximum Gasteiger partial charge on any atom is 0.235 e. The van der Waals surface area contributed by atoms with Crippen LogP contribution in [0.1, 0.15) is 0 Å². The molecule has 0 aliphatic heterocycles. The quantitative estimate of drug-likeness (QED) is 0.188. The number of benzene rings is 7. The first-order chi connectivity index (χ1) is 24.8. The van der Waals surface area contributed by atoms with Crippen LogP contribution in [0, 0.1) is 0 Å². The predicted octanol–water partition coefficient (Wildman–Crippen LogP) is 12.1. The third kappa shape index (κ3) is 4.61. The van der Waals surface area contributed by atoms with Crippen molar-refractivity contribution in [2.75, 3.05) is 0 Å². The molecule has 0 saturated heterocycles. The van der Waals surface area contributed by atoms with E-state index in [2.05, 4.69) is 156 Å². The van der Waals surface area contributed by atoms with Gasteiger partial charge in [0.15, 0.2) is 0 Å². The first-order valence-electron chi connectivity index (χ1n) is 16.8. The van der Waals surface area contributed by atoms with Crippen molar-refractivity contribution in [3.05, 3.63) is 176 Å². The van der Waals surface area contributed by atoms with Gasteiger partial charge >= 0.3 is 0 Å². The van der Waals surface area contributed by atoms with Crippen LogP contribution in [0.3, 0.4) is 0 Å². The molecule has 50 heavy (non-hydrogen) atoms. The summed E-state index contributed by atoms with van der Waals surface area (Å²) in [5.74, 6) is 0.620. The Balaban J connectivity index is 1.20. The lowest BCUT2D eigenvalue weighted by molar-refractivity contribution is 0.669. The molecule has 3 aromatic heterocycles. The van der Waals surface area contributed by atoms with Crippen LogP contribution in [0.15, 0.2) is 180 Å². The van der Waals surface area contributed by atoms with Crippen molar-refractivity contribution in [2.45, 2.75) is 0 Å². The highest BCUT2D eigenvalue weighted by Crippen LogP contribution is 2.41. The molecule has 3 heterocycles. The van der Waals surface area contributed by atoms with Crippen LogP contribution in [-0.4, -0.2) is 14.5 Å². The first-order valence-corrected chi connectivity index (χ1v) is 16.8. The Morgan fingerprint density at radius 3 is 1.48 bits per heavy atom. The number of nitrogens with zero attached hydrogens (tertiary/aromatic N) is 3. The molecule has 0 fully saturated rings. The molecule has 0 saturated carbocycles. The first kappa shape index (κ1) is 28.3. The summed E-state index contributed by atoms with van der Waals surface area (Å²) in [6, 6.07) is 61.3. The number of aromatic nitrogens is 3. The van der Waals surface area contributed by atoms with Crippen LogP contribution in [0.5, 0.6) is 0 Å². The van der Waals surface area contributed by atoms with E-state index in [-0.39, 0.29) is 0 Å². The number of hydrogen-bond acceptors (Lipinski definition) is 3. The Hall–Kier alpha value is -6.78. The zero-order chi connectivity index (χ0) is 33.0. The Kier molecular flexibility index (Phi) is 6.46. The van der Waals surface area contributed by atoms with Gasteiger partial charge < -0.3 is 4.42 Å². The minimum atomic E-state index is 0.620. The summed E-state index contributed by atoms with van der Waals surface area (Å²) in [5, 5.41) is 4.48. The number of furan rings is 1. The molecule has 0 unspecified atom stereocenters. The molecule has 0 bridgehead atoms. The van der Waals surface area contributed by atoms with Gasteiger partial charge in [0.25, 0.3) is 0 Å². The Morgan fingerprint density at radius 1 is 0.360 bits per heavy atom. The van der Waals surface area contributed by atoms with E-state index in [1.807, 2.05) is 24.3 Å². The molecule has 4 nitrogen and oxygen atoms in total.